The van der Waals surface area contributed by atoms with Gasteiger partial charge in [0.25, 0.3) is 5.91 Å². The van der Waals surface area contributed by atoms with Crippen LogP contribution in [0.4, 0.5) is 0 Å². The monoisotopic (exact) mass is 344 g/mol. The maximum absolute atomic E-state index is 12.4. The number of benzene rings is 1. The highest BCUT2D eigenvalue weighted by molar-refractivity contribution is 7.11. The number of hydrogen-bond donors (Lipinski definition) is 0. The normalized spacial score (nSPS) is 16.4. The third-order valence-electron chi connectivity index (χ3n) is 4.03. The summed E-state index contributed by atoms with van der Waals surface area (Å²) in [6, 6.07) is 6.59. The molecule has 0 N–H and O–H groups in total. The molecule has 0 radical (unpaired) electrons. The number of thiazole rings is 1. The molecule has 1 aliphatic carbocycles. The van der Waals surface area contributed by atoms with Crippen molar-refractivity contribution >= 4 is 23.2 Å². The van der Waals surface area contributed by atoms with E-state index in [1.54, 1.807) is 49.7 Å². The van der Waals surface area contributed by atoms with Gasteiger partial charge < -0.3 is 9.64 Å². The number of ether oxygens (including phenoxy) is 1. The van der Waals surface area contributed by atoms with E-state index in [1.165, 1.54) is 4.90 Å². The maximum Gasteiger partial charge on any atom is 0.338 e. The number of amides is 1. The molecule has 2 aromatic rings. The van der Waals surface area contributed by atoms with E-state index < -0.39 is 0 Å². The third-order valence-corrected chi connectivity index (χ3v) is 5.13. The van der Waals surface area contributed by atoms with Crippen molar-refractivity contribution < 1.29 is 14.3 Å². The molecule has 0 saturated carbocycles. The zero-order valence-electron chi connectivity index (χ0n) is 14.0. The Labute approximate surface area is 145 Å². The Balaban J connectivity index is 1.73. The average molecular weight is 344 g/mol. The van der Waals surface area contributed by atoms with Crippen molar-refractivity contribution in [1.29, 1.82) is 0 Å². The Morgan fingerprint density at radius 2 is 1.88 bits per heavy atom. The van der Waals surface area contributed by atoms with E-state index in [9.17, 15) is 9.59 Å². The van der Waals surface area contributed by atoms with Crippen molar-refractivity contribution in [3.8, 4) is 0 Å². The fourth-order valence-corrected chi connectivity index (χ4v) is 3.86. The Bertz CT molecular complexity index is 765. The number of aromatic nitrogens is 1. The maximum atomic E-state index is 12.4. The molecule has 5 nitrogen and oxygen atoms in total. The topological polar surface area (TPSA) is 59.5 Å². The number of esters is 1. The molecule has 1 atom stereocenters. The fraction of sp³-hybridized carbons (Fsp3) is 0.389. The van der Waals surface area contributed by atoms with Crippen LogP contribution in [0.1, 0.15) is 55.2 Å². The quantitative estimate of drug-likeness (QED) is 0.801. The Morgan fingerprint density at radius 1 is 1.21 bits per heavy atom. The van der Waals surface area contributed by atoms with Crippen LogP contribution < -0.4 is 0 Å². The Hall–Kier alpha value is -2.21. The molecule has 0 unspecified atom stereocenters. The van der Waals surface area contributed by atoms with Crippen molar-refractivity contribution in [1.82, 2.24) is 9.88 Å². The van der Waals surface area contributed by atoms with Gasteiger partial charge in [0, 0.05) is 19.7 Å². The fourth-order valence-electron chi connectivity index (χ4n) is 2.82. The lowest BCUT2D eigenvalue weighted by atomic mass is 10.00. The van der Waals surface area contributed by atoms with Crippen LogP contribution in [0.3, 0.4) is 0 Å². The molecule has 0 saturated heterocycles. The SMILES string of the molecule is Cc1nc2c(s1)[C@H](OC(=O)c1ccc(C(=O)N(C)C)cc1)CCC2. The Kier molecular flexibility index (Phi) is 4.66. The minimum Gasteiger partial charge on any atom is -0.453 e. The zero-order valence-corrected chi connectivity index (χ0v) is 14.9. The van der Waals surface area contributed by atoms with Crippen molar-refractivity contribution in [2.75, 3.05) is 14.1 Å². The molecular formula is C18H20N2O3S. The first-order chi connectivity index (χ1) is 11.5. The van der Waals surface area contributed by atoms with E-state index in [-0.39, 0.29) is 18.0 Å². The summed E-state index contributed by atoms with van der Waals surface area (Å²) in [6.07, 6.45) is 2.55. The lowest BCUT2D eigenvalue weighted by molar-refractivity contribution is 0.0264. The van der Waals surface area contributed by atoms with Gasteiger partial charge in [-0.15, -0.1) is 11.3 Å². The number of nitrogens with zero attached hydrogens (tertiary/aromatic N) is 2. The number of hydrogen-bond acceptors (Lipinski definition) is 5. The molecule has 0 fully saturated rings. The van der Waals surface area contributed by atoms with Crippen LogP contribution in [-0.4, -0.2) is 35.9 Å². The highest BCUT2D eigenvalue weighted by atomic mass is 32.1. The first-order valence-corrected chi connectivity index (χ1v) is 8.76. The standard InChI is InChI=1S/C18H20N2O3S/c1-11-19-14-5-4-6-15(16(14)24-11)23-18(22)13-9-7-12(8-10-13)17(21)20(2)3/h7-10,15H,4-6H2,1-3H3/t15-/m1/s1. The predicted octanol–water partition coefficient (Wildman–Crippen LogP) is 3.39. The number of rotatable bonds is 3. The molecule has 126 valence electrons. The average Bonchev–Trinajstić information content (AvgIpc) is 2.95. The van der Waals surface area contributed by atoms with Gasteiger partial charge in [-0.3, -0.25) is 4.79 Å². The summed E-state index contributed by atoms with van der Waals surface area (Å²) >= 11 is 1.61. The molecule has 3 rings (SSSR count). The van der Waals surface area contributed by atoms with Crippen LogP contribution >= 0.6 is 11.3 Å². The van der Waals surface area contributed by atoms with Crippen LogP contribution in [0, 0.1) is 6.92 Å². The smallest absolute Gasteiger partial charge is 0.338 e. The summed E-state index contributed by atoms with van der Waals surface area (Å²) < 4.78 is 5.70. The van der Waals surface area contributed by atoms with Crippen LogP contribution in [0.2, 0.25) is 0 Å². The summed E-state index contributed by atoms with van der Waals surface area (Å²) in [6.45, 7) is 1.97. The molecule has 1 amide bonds. The molecule has 1 aliphatic rings. The second-order valence-electron chi connectivity index (χ2n) is 6.11. The van der Waals surface area contributed by atoms with Gasteiger partial charge in [-0.2, -0.15) is 0 Å². The van der Waals surface area contributed by atoms with Gasteiger partial charge in [0.2, 0.25) is 0 Å². The lowest BCUT2D eigenvalue weighted by Gasteiger charge is -2.21. The summed E-state index contributed by atoms with van der Waals surface area (Å²) in [5.74, 6) is -0.449. The van der Waals surface area contributed by atoms with E-state index in [4.69, 9.17) is 4.74 Å². The van der Waals surface area contributed by atoms with Crippen LogP contribution in [-0.2, 0) is 11.2 Å². The summed E-state index contributed by atoms with van der Waals surface area (Å²) in [5, 5.41) is 1.01. The third kappa shape index (κ3) is 3.33. The van der Waals surface area contributed by atoms with Gasteiger partial charge in [0.15, 0.2) is 0 Å². The van der Waals surface area contributed by atoms with Gasteiger partial charge in [0.05, 0.1) is 21.1 Å². The van der Waals surface area contributed by atoms with Gasteiger partial charge in [-0.05, 0) is 50.5 Å². The molecule has 1 heterocycles. The summed E-state index contributed by atoms with van der Waals surface area (Å²) in [5.41, 5.74) is 2.07. The molecule has 1 aromatic heterocycles. The number of carbonyl (C=O) groups is 2. The van der Waals surface area contributed by atoms with Gasteiger partial charge in [-0.25, -0.2) is 9.78 Å². The molecule has 0 bridgehead atoms. The first-order valence-electron chi connectivity index (χ1n) is 7.94. The van der Waals surface area contributed by atoms with Crippen LogP contribution in [0.5, 0.6) is 0 Å². The van der Waals surface area contributed by atoms with E-state index >= 15 is 0 Å². The van der Waals surface area contributed by atoms with Crippen LogP contribution in [0.15, 0.2) is 24.3 Å². The lowest BCUT2D eigenvalue weighted by Crippen LogP contribution is -2.21. The van der Waals surface area contributed by atoms with E-state index in [0.717, 1.165) is 34.8 Å². The molecule has 1 aromatic carbocycles. The van der Waals surface area contributed by atoms with Crippen molar-refractivity contribution in [3.63, 3.8) is 0 Å². The molecule has 0 spiro atoms. The molecular weight excluding hydrogens is 324 g/mol. The van der Waals surface area contributed by atoms with E-state index in [2.05, 4.69) is 4.98 Å². The molecule has 0 aliphatic heterocycles. The summed E-state index contributed by atoms with van der Waals surface area (Å²) in [4.78, 5) is 31.4. The second-order valence-corrected chi connectivity index (χ2v) is 7.34. The van der Waals surface area contributed by atoms with Gasteiger partial charge in [-0.1, -0.05) is 0 Å². The minimum absolute atomic E-state index is 0.0908. The first kappa shape index (κ1) is 16.6. The van der Waals surface area contributed by atoms with Crippen molar-refractivity contribution in [2.45, 2.75) is 32.3 Å². The minimum atomic E-state index is -0.359. The van der Waals surface area contributed by atoms with E-state index in [0.29, 0.717) is 11.1 Å². The molecule has 24 heavy (non-hydrogen) atoms. The van der Waals surface area contributed by atoms with Gasteiger partial charge in [0.1, 0.15) is 6.10 Å². The van der Waals surface area contributed by atoms with Crippen molar-refractivity contribution in [2.24, 2.45) is 0 Å². The van der Waals surface area contributed by atoms with Crippen molar-refractivity contribution in [3.05, 3.63) is 51.0 Å². The summed E-state index contributed by atoms with van der Waals surface area (Å²) in [7, 11) is 3.39. The number of aryl methyl sites for hydroxylation is 2. The number of carbonyl (C=O) groups excluding carboxylic acids is 2. The largest absolute Gasteiger partial charge is 0.453 e. The van der Waals surface area contributed by atoms with Crippen LogP contribution in [0.25, 0.3) is 0 Å². The second kappa shape index (κ2) is 6.73. The Morgan fingerprint density at radius 3 is 2.54 bits per heavy atom. The van der Waals surface area contributed by atoms with Gasteiger partial charge >= 0.3 is 5.97 Å². The van der Waals surface area contributed by atoms with E-state index in [1.807, 2.05) is 6.92 Å². The highest BCUT2D eigenvalue weighted by Crippen LogP contribution is 2.36. The number of fused-ring (bicyclic) bond motifs is 1. The zero-order chi connectivity index (χ0) is 17.3. The highest BCUT2D eigenvalue weighted by Gasteiger charge is 2.27. The molecule has 6 heteroatoms. The predicted molar refractivity (Wildman–Crippen MR) is 92.4 cm³/mol.